The Labute approximate surface area is 169 Å². The SMILES string of the molecule is N#CC1(NC(=O)COC(=O)CCn2cnc3ccc(Br)cc3c2=O)CCCC1. The summed E-state index contributed by atoms with van der Waals surface area (Å²) in [7, 11) is 0. The van der Waals surface area contributed by atoms with E-state index >= 15 is 0 Å². The number of hydrogen-bond acceptors (Lipinski definition) is 6. The van der Waals surface area contributed by atoms with Crippen molar-refractivity contribution in [3.05, 3.63) is 39.4 Å². The second-order valence-electron chi connectivity index (χ2n) is 6.76. The minimum Gasteiger partial charge on any atom is -0.456 e. The number of carbonyl (C=O) groups is 2. The van der Waals surface area contributed by atoms with Crippen molar-refractivity contribution >= 4 is 38.7 Å². The molecule has 0 aliphatic heterocycles. The molecule has 1 fully saturated rings. The zero-order valence-corrected chi connectivity index (χ0v) is 16.7. The minimum absolute atomic E-state index is 0.0717. The third-order valence-corrected chi connectivity index (χ3v) is 5.25. The number of rotatable bonds is 6. The van der Waals surface area contributed by atoms with E-state index in [9.17, 15) is 19.6 Å². The molecule has 9 heteroatoms. The summed E-state index contributed by atoms with van der Waals surface area (Å²) in [6.45, 7) is -0.350. The van der Waals surface area contributed by atoms with Crippen LogP contribution in [0.4, 0.5) is 0 Å². The Morgan fingerprint density at radius 2 is 2.11 bits per heavy atom. The van der Waals surface area contributed by atoms with Gasteiger partial charge in [-0.05, 0) is 43.9 Å². The molecule has 1 aliphatic carbocycles. The fraction of sp³-hybridized carbons (Fsp3) is 0.421. The van der Waals surface area contributed by atoms with Gasteiger partial charge in [-0.2, -0.15) is 5.26 Å². The molecule has 1 N–H and O–H groups in total. The van der Waals surface area contributed by atoms with Gasteiger partial charge in [-0.1, -0.05) is 15.9 Å². The molecule has 2 aromatic rings. The summed E-state index contributed by atoms with van der Waals surface area (Å²) >= 11 is 3.32. The highest BCUT2D eigenvalue weighted by molar-refractivity contribution is 9.10. The van der Waals surface area contributed by atoms with Crippen LogP contribution in [0.25, 0.3) is 10.9 Å². The maximum Gasteiger partial charge on any atom is 0.308 e. The van der Waals surface area contributed by atoms with Crippen molar-refractivity contribution < 1.29 is 14.3 Å². The molecule has 0 spiro atoms. The molecular formula is C19H19BrN4O4. The number of hydrogen-bond donors (Lipinski definition) is 1. The lowest BCUT2D eigenvalue weighted by Gasteiger charge is -2.21. The van der Waals surface area contributed by atoms with Gasteiger partial charge < -0.3 is 10.1 Å². The van der Waals surface area contributed by atoms with Gasteiger partial charge in [-0.25, -0.2) is 4.98 Å². The third kappa shape index (κ3) is 4.57. The van der Waals surface area contributed by atoms with Gasteiger partial charge in [-0.3, -0.25) is 19.0 Å². The van der Waals surface area contributed by atoms with Crippen molar-refractivity contribution in [1.82, 2.24) is 14.9 Å². The van der Waals surface area contributed by atoms with E-state index in [1.807, 2.05) is 0 Å². The molecule has 3 rings (SSSR count). The predicted octanol–water partition coefficient (Wildman–Crippen LogP) is 2.04. The predicted molar refractivity (Wildman–Crippen MR) is 104 cm³/mol. The molecule has 0 unspecified atom stereocenters. The number of aryl methyl sites for hydroxylation is 1. The van der Waals surface area contributed by atoms with E-state index < -0.39 is 24.0 Å². The fourth-order valence-corrected chi connectivity index (χ4v) is 3.63. The van der Waals surface area contributed by atoms with E-state index in [0.29, 0.717) is 23.7 Å². The first-order valence-electron chi connectivity index (χ1n) is 8.95. The second kappa shape index (κ2) is 8.52. The van der Waals surface area contributed by atoms with E-state index in [0.717, 1.165) is 17.3 Å². The number of carbonyl (C=O) groups excluding carboxylic acids is 2. The highest BCUT2D eigenvalue weighted by Crippen LogP contribution is 2.28. The van der Waals surface area contributed by atoms with Crippen molar-refractivity contribution in [2.45, 2.75) is 44.2 Å². The molecule has 8 nitrogen and oxygen atoms in total. The number of nitrogens with zero attached hydrogens (tertiary/aromatic N) is 3. The maximum atomic E-state index is 12.5. The highest BCUT2D eigenvalue weighted by atomic mass is 79.9. The van der Waals surface area contributed by atoms with Crippen molar-refractivity contribution in [1.29, 1.82) is 5.26 Å². The quantitative estimate of drug-likeness (QED) is 0.678. The first-order chi connectivity index (χ1) is 13.4. The molecule has 1 amide bonds. The second-order valence-corrected chi connectivity index (χ2v) is 7.68. The van der Waals surface area contributed by atoms with Crippen LogP contribution >= 0.6 is 15.9 Å². The monoisotopic (exact) mass is 446 g/mol. The van der Waals surface area contributed by atoms with Crippen LogP contribution < -0.4 is 10.9 Å². The maximum absolute atomic E-state index is 12.5. The van der Waals surface area contributed by atoms with E-state index in [1.54, 1.807) is 18.2 Å². The Morgan fingerprint density at radius 1 is 1.36 bits per heavy atom. The zero-order valence-electron chi connectivity index (χ0n) is 15.1. The molecule has 0 radical (unpaired) electrons. The summed E-state index contributed by atoms with van der Waals surface area (Å²) in [5.41, 5.74) is -0.530. The number of ether oxygens (including phenoxy) is 1. The summed E-state index contributed by atoms with van der Waals surface area (Å²) in [5, 5.41) is 12.4. The lowest BCUT2D eigenvalue weighted by atomic mass is 10.00. The average molecular weight is 447 g/mol. The van der Waals surface area contributed by atoms with Gasteiger partial charge in [-0.15, -0.1) is 0 Å². The number of nitrogens with one attached hydrogen (secondary N) is 1. The molecule has 146 valence electrons. The number of fused-ring (bicyclic) bond motifs is 1. The van der Waals surface area contributed by atoms with Crippen LogP contribution in [0.3, 0.4) is 0 Å². The topological polar surface area (TPSA) is 114 Å². The summed E-state index contributed by atoms with van der Waals surface area (Å²) in [4.78, 5) is 40.6. The summed E-state index contributed by atoms with van der Waals surface area (Å²) in [6.07, 6.45) is 4.30. The van der Waals surface area contributed by atoms with Gasteiger partial charge in [0.2, 0.25) is 0 Å². The summed E-state index contributed by atoms with van der Waals surface area (Å²) < 4.78 is 7.06. The largest absolute Gasteiger partial charge is 0.456 e. The lowest BCUT2D eigenvalue weighted by Crippen LogP contribution is -2.46. The van der Waals surface area contributed by atoms with E-state index in [2.05, 4.69) is 32.3 Å². The molecule has 0 saturated heterocycles. The number of aromatic nitrogens is 2. The van der Waals surface area contributed by atoms with E-state index in [-0.39, 0.29) is 18.5 Å². The number of benzene rings is 1. The normalized spacial score (nSPS) is 15.1. The molecular weight excluding hydrogens is 428 g/mol. The van der Waals surface area contributed by atoms with Crippen molar-refractivity contribution in [2.75, 3.05) is 6.61 Å². The minimum atomic E-state index is -0.845. The number of nitriles is 1. The molecule has 1 aromatic heterocycles. The Hall–Kier alpha value is -2.73. The van der Waals surface area contributed by atoms with Crippen LogP contribution in [0.2, 0.25) is 0 Å². The first-order valence-corrected chi connectivity index (χ1v) is 9.74. The molecule has 1 saturated carbocycles. The number of amides is 1. The first kappa shape index (κ1) is 20.0. The summed E-state index contributed by atoms with van der Waals surface area (Å²) in [6, 6.07) is 7.35. The Morgan fingerprint density at radius 3 is 2.82 bits per heavy atom. The molecule has 28 heavy (non-hydrogen) atoms. The highest BCUT2D eigenvalue weighted by Gasteiger charge is 2.35. The van der Waals surface area contributed by atoms with Crippen molar-refractivity contribution in [3.63, 3.8) is 0 Å². The molecule has 1 aromatic carbocycles. The van der Waals surface area contributed by atoms with Gasteiger partial charge >= 0.3 is 5.97 Å². The molecule has 1 aliphatic rings. The lowest BCUT2D eigenvalue weighted by molar-refractivity contribution is -0.149. The number of halogens is 1. The molecule has 0 atom stereocenters. The van der Waals surface area contributed by atoms with Crippen LogP contribution in [0.1, 0.15) is 32.1 Å². The smallest absolute Gasteiger partial charge is 0.308 e. The van der Waals surface area contributed by atoms with Crippen molar-refractivity contribution in [3.8, 4) is 6.07 Å². The molecule has 1 heterocycles. The van der Waals surface area contributed by atoms with Crippen LogP contribution in [0.15, 0.2) is 33.8 Å². The zero-order chi connectivity index (χ0) is 20.1. The van der Waals surface area contributed by atoms with Gasteiger partial charge in [0.25, 0.3) is 11.5 Å². The van der Waals surface area contributed by atoms with E-state index in [1.165, 1.54) is 10.9 Å². The van der Waals surface area contributed by atoms with Gasteiger partial charge in [0, 0.05) is 11.0 Å². The van der Waals surface area contributed by atoms with E-state index in [4.69, 9.17) is 4.74 Å². The molecule has 0 bridgehead atoms. The average Bonchev–Trinajstić information content (AvgIpc) is 3.15. The number of esters is 1. The van der Waals surface area contributed by atoms with Crippen LogP contribution in [0, 0.1) is 11.3 Å². The third-order valence-electron chi connectivity index (χ3n) is 4.76. The Balaban J connectivity index is 1.53. The van der Waals surface area contributed by atoms with Crippen LogP contribution in [0.5, 0.6) is 0 Å². The van der Waals surface area contributed by atoms with Gasteiger partial charge in [0.15, 0.2) is 6.61 Å². The fourth-order valence-electron chi connectivity index (χ4n) is 3.27. The van der Waals surface area contributed by atoms with Crippen LogP contribution in [-0.2, 0) is 20.9 Å². The Kier molecular flexibility index (Phi) is 6.09. The van der Waals surface area contributed by atoms with Gasteiger partial charge in [0.1, 0.15) is 5.54 Å². The summed E-state index contributed by atoms with van der Waals surface area (Å²) in [5.74, 6) is -1.10. The standard InChI is InChI=1S/C19H19BrN4O4/c20-13-3-4-15-14(9-13)18(27)24(12-22-15)8-5-17(26)28-10-16(25)23-19(11-21)6-1-2-7-19/h3-4,9,12H,1-2,5-8,10H2,(H,23,25). The Bertz CT molecular complexity index is 1010. The van der Waals surface area contributed by atoms with Gasteiger partial charge in [0.05, 0.1) is 29.7 Å². The van der Waals surface area contributed by atoms with Crippen molar-refractivity contribution in [2.24, 2.45) is 0 Å². The van der Waals surface area contributed by atoms with Crippen LogP contribution in [-0.4, -0.2) is 33.6 Å².